The van der Waals surface area contributed by atoms with Gasteiger partial charge in [0, 0.05) is 24.8 Å². The molecule has 0 radical (unpaired) electrons. The maximum Gasteiger partial charge on any atom is 0.258 e. The van der Waals surface area contributed by atoms with Crippen LogP contribution in [0.15, 0.2) is 42.5 Å². The number of benzene rings is 2. The van der Waals surface area contributed by atoms with Crippen LogP contribution in [0.4, 0.5) is 10.1 Å². The number of nitrogens with zero attached hydrogens (tertiary/aromatic N) is 1. The van der Waals surface area contributed by atoms with E-state index in [1.165, 1.54) is 18.2 Å². The highest BCUT2D eigenvalue weighted by atomic mass is 35.5. The summed E-state index contributed by atoms with van der Waals surface area (Å²) in [5.41, 5.74) is 7.20. The zero-order chi connectivity index (χ0) is 20.2. The van der Waals surface area contributed by atoms with Crippen molar-refractivity contribution in [2.24, 2.45) is 11.1 Å². The van der Waals surface area contributed by atoms with Crippen LogP contribution < -0.4 is 11.1 Å². The summed E-state index contributed by atoms with van der Waals surface area (Å²) in [6.07, 6.45) is 0. The Kier molecular flexibility index (Phi) is 8.14. The summed E-state index contributed by atoms with van der Waals surface area (Å²) in [6, 6.07) is 10.8. The number of nitrogens with two attached hydrogens (primary N) is 1. The number of anilines is 1. The minimum absolute atomic E-state index is 0. The number of amides is 2. The summed E-state index contributed by atoms with van der Waals surface area (Å²) < 4.78 is 13.8. The third-order valence-electron chi connectivity index (χ3n) is 4.42. The van der Waals surface area contributed by atoms with Gasteiger partial charge in [0.05, 0.1) is 5.56 Å². The number of hydrogen-bond acceptors (Lipinski definition) is 3. The Bertz CT molecular complexity index is 855. The molecule has 2 rings (SSSR count). The van der Waals surface area contributed by atoms with Gasteiger partial charge in [-0.1, -0.05) is 32.0 Å². The van der Waals surface area contributed by atoms with E-state index >= 15 is 0 Å². The zero-order valence-electron chi connectivity index (χ0n) is 16.6. The molecule has 152 valence electrons. The maximum atomic E-state index is 13.8. The van der Waals surface area contributed by atoms with Gasteiger partial charge in [-0.15, -0.1) is 12.4 Å². The number of halogens is 2. The number of nitrogens with one attached hydrogen (secondary N) is 1. The first kappa shape index (κ1) is 23.6. The van der Waals surface area contributed by atoms with Gasteiger partial charge in [-0.2, -0.15) is 0 Å². The van der Waals surface area contributed by atoms with Crippen molar-refractivity contribution in [1.29, 1.82) is 0 Å². The van der Waals surface area contributed by atoms with Crippen molar-refractivity contribution in [1.82, 2.24) is 4.90 Å². The molecule has 2 aromatic rings. The second-order valence-corrected chi connectivity index (χ2v) is 7.49. The number of hydrogen-bond donors (Lipinski definition) is 2. The summed E-state index contributed by atoms with van der Waals surface area (Å²) in [6.45, 7) is 6.76. The van der Waals surface area contributed by atoms with Gasteiger partial charge in [-0.3, -0.25) is 9.59 Å². The minimum Gasteiger partial charge on any atom is -0.341 e. The van der Waals surface area contributed by atoms with Crippen molar-refractivity contribution in [3.8, 4) is 0 Å². The largest absolute Gasteiger partial charge is 0.341 e. The minimum atomic E-state index is -0.594. The molecule has 0 bridgehead atoms. The summed E-state index contributed by atoms with van der Waals surface area (Å²) in [5.74, 6) is -1.32. The molecule has 5 nitrogen and oxygen atoms in total. The third kappa shape index (κ3) is 5.78. The Morgan fingerprint density at radius 3 is 2.43 bits per heavy atom. The smallest absolute Gasteiger partial charge is 0.258 e. The highest BCUT2D eigenvalue weighted by Gasteiger charge is 2.22. The van der Waals surface area contributed by atoms with Gasteiger partial charge < -0.3 is 16.0 Å². The lowest BCUT2D eigenvalue weighted by atomic mass is 9.93. The van der Waals surface area contributed by atoms with E-state index < -0.39 is 11.7 Å². The fourth-order valence-corrected chi connectivity index (χ4v) is 2.72. The van der Waals surface area contributed by atoms with Crippen LogP contribution in [-0.2, 0) is 0 Å². The predicted octanol–water partition coefficient (Wildman–Crippen LogP) is 3.87. The number of carbonyl (C=O) groups is 2. The van der Waals surface area contributed by atoms with Gasteiger partial charge in [0.1, 0.15) is 5.82 Å². The Morgan fingerprint density at radius 2 is 1.82 bits per heavy atom. The summed E-state index contributed by atoms with van der Waals surface area (Å²) in [5, 5.41) is 2.69. The molecule has 7 heteroatoms. The van der Waals surface area contributed by atoms with Crippen LogP contribution in [0.3, 0.4) is 0 Å². The molecule has 0 fully saturated rings. The normalized spacial score (nSPS) is 10.8. The summed E-state index contributed by atoms with van der Waals surface area (Å²) in [4.78, 5) is 26.7. The van der Waals surface area contributed by atoms with Gasteiger partial charge in [0.15, 0.2) is 0 Å². The molecule has 2 amide bonds. The van der Waals surface area contributed by atoms with Gasteiger partial charge in [-0.25, -0.2) is 4.39 Å². The first-order valence-corrected chi connectivity index (χ1v) is 8.77. The first-order valence-electron chi connectivity index (χ1n) is 8.77. The molecule has 3 N–H and O–H groups in total. The van der Waals surface area contributed by atoms with Crippen molar-refractivity contribution < 1.29 is 14.0 Å². The molecule has 0 aliphatic carbocycles. The Balaban J connectivity index is 0.00000392. The molecule has 0 aliphatic rings. The molecule has 28 heavy (non-hydrogen) atoms. The molecular weight excluding hydrogens is 381 g/mol. The van der Waals surface area contributed by atoms with Gasteiger partial charge >= 0.3 is 0 Å². The molecular formula is C21H27ClFN3O2. The van der Waals surface area contributed by atoms with Crippen molar-refractivity contribution in [3.05, 3.63) is 65.0 Å². The Morgan fingerprint density at radius 1 is 1.18 bits per heavy atom. The van der Waals surface area contributed by atoms with Gasteiger partial charge in [0.25, 0.3) is 11.8 Å². The van der Waals surface area contributed by atoms with Crippen molar-refractivity contribution in [2.75, 3.05) is 25.5 Å². The highest BCUT2D eigenvalue weighted by Crippen LogP contribution is 2.21. The summed E-state index contributed by atoms with van der Waals surface area (Å²) >= 11 is 0. The van der Waals surface area contributed by atoms with Gasteiger partial charge in [0.2, 0.25) is 0 Å². The monoisotopic (exact) mass is 407 g/mol. The SMILES string of the molecule is Cc1ccc(C(=O)N(C)CC(C)(C)CN)cc1NC(=O)c1ccccc1F.Cl. The van der Waals surface area contributed by atoms with Crippen molar-refractivity contribution in [3.63, 3.8) is 0 Å². The van der Waals surface area contributed by atoms with E-state index in [0.717, 1.165) is 5.56 Å². The van der Waals surface area contributed by atoms with Crippen LogP contribution in [0.2, 0.25) is 0 Å². The van der Waals surface area contributed by atoms with E-state index in [0.29, 0.717) is 24.3 Å². The van der Waals surface area contributed by atoms with Crippen LogP contribution >= 0.6 is 12.4 Å². The van der Waals surface area contributed by atoms with Crippen molar-refractivity contribution in [2.45, 2.75) is 20.8 Å². The average Bonchev–Trinajstić information content (AvgIpc) is 2.62. The molecule has 0 spiro atoms. The quantitative estimate of drug-likeness (QED) is 0.763. The van der Waals surface area contributed by atoms with E-state index in [1.54, 1.807) is 36.2 Å². The second-order valence-electron chi connectivity index (χ2n) is 7.49. The van der Waals surface area contributed by atoms with Crippen LogP contribution in [0.25, 0.3) is 0 Å². The molecule has 0 saturated carbocycles. The number of aryl methyl sites for hydroxylation is 1. The van der Waals surface area contributed by atoms with E-state index in [2.05, 4.69) is 5.32 Å². The van der Waals surface area contributed by atoms with E-state index in [1.807, 2.05) is 20.8 Å². The molecule has 0 aromatic heterocycles. The van der Waals surface area contributed by atoms with Crippen LogP contribution in [-0.4, -0.2) is 36.9 Å². The maximum absolute atomic E-state index is 13.8. The highest BCUT2D eigenvalue weighted by molar-refractivity contribution is 6.05. The zero-order valence-corrected chi connectivity index (χ0v) is 17.4. The fraction of sp³-hybridized carbons (Fsp3) is 0.333. The lowest BCUT2D eigenvalue weighted by molar-refractivity contribution is 0.0740. The van der Waals surface area contributed by atoms with E-state index in [9.17, 15) is 14.0 Å². The van der Waals surface area contributed by atoms with Crippen molar-refractivity contribution >= 4 is 29.9 Å². The van der Waals surface area contributed by atoms with Crippen LogP contribution in [0.5, 0.6) is 0 Å². The van der Waals surface area contributed by atoms with E-state index in [-0.39, 0.29) is 29.3 Å². The topological polar surface area (TPSA) is 75.4 Å². The average molecular weight is 408 g/mol. The van der Waals surface area contributed by atoms with Crippen LogP contribution in [0.1, 0.15) is 40.1 Å². The first-order chi connectivity index (χ1) is 12.6. The molecule has 0 atom stereocenters. The van der Waals surface area contributed by atoms with Gasteiger partial charge in [-0.05, 0) is 48.7 Å². The summed E-state index contributed by atoms with van der Waals surface area (Å²) in [7, 11) is 1.72. The van der Waals surface area contributed by atoms with E-state index in [4.69, 9.17) is 5.73 Å². The molecule has 0 saturated heterocycles. The number of carbonyl (C=O) groups excluding carboxylic acids is 2. The lowest BCUT2D eigenvalue weighted by Gasteiger charge is -2.29. The number of rotatable bonds is 6. The lowest BCUT2D eigenvalue weighted by Crippen LogP contribution is -2.39. The molecule has 0 heterocycles. The predicted molar refractivity (Wildman–Crippen MR) is 113 cm³/mol. The molecule has 2 aromatic carbocycles. The Labute approximate surface area is 171 Å². The molecule has 0 unspecified atom stereocenters. The third-order valence-corrected chi connectivity index (χ3v) is 4.42. The standard InChI is InChI=1S/C21H26FN3O2.ClH/c1-14-9-10-15(20(27)25(4)13-21(2,3)12-23)11-18(14)24-19(26)16-7-5-6-8-17(16)22;/h5-11H,12-13,23H2,1-4H3,(H,24,26);1H. The van der Waals surface area contributed by atoms with Crippen LogP contribution in [0, 0.1) is 18.2 Å². The Hall–Kier alpha value is -2.44. The second kappa shape index (κ2) is 9.66. The fourth-order valence-electron chi connectivity index (χ4n) is 2.72. The molecule has 0 aliphatic heterocycles.